The number of aromatic nitrogens is 4. The number of nitrogens with one attached hydrogen (secondary N) is 1. The number of anilines is 1. The molecule has 23 heavy (non-hydrogen) atoms. The second-order valence-corrected chi connectivity index (χ2v) is 6.11. The number of amides is 2. The normalized spacial score (nSPS) is 10.4. The van der Waals surface area contributed by atoms with Crippen LogP contribution in [-0.4, -0.2) is 56.3 Å². The fourth-order valence-electron chi connectivity index (χ4n) is 1.66. The highest BCUT2D eigenvalue weighted by Crippen LogP contribution is 2.16. The largest absolute Gasteiger partial charge is 0.347 e. The maximum Gasteiger partial charge on any atom is 0.258 e. The van der Waals surface area contributed by atoms with Crippen LogP contribution in [0.25, 0.3) is 0 Å². The molecule has 8 nitrogen and oxygen atoms in total. The molecule has 0 aliphatic rings. The summed E-state index contributed by atoms with van der Waals surface area (Å²) in [5.74, 6) is 0.609. The van der Waals surface area contributed by atoms with Crippen molar-refractivity contribution in [1.29, 1.82) is 0 Å². The molecular weight excluding hydrogens is 316 g/mol. The van der Waals surface area contributed by atoms with Crippen LogP contribution in [0.5, 0.6) is 0 Å². The van der Waals surface area contributed by atoms with Crippen molar-refractivity contribution in [2.75, 3.05) is 25.2 Å². The lowest BCUT2D eigenvalue weighted by molar-refractivity contribution is -0.129. The van der Waals surface area contributed by atoms with E-state index in [1.165, 1.54) is 15.9 Å². The van der Waals surface area contributed by atoms with E-state index in [4.69, 9.17) is 0 Å². The second kappa shape index (κ2) is 7.73. The molecule has 122 valence electrons. The summed E-state index contributed by atoms with van der Waals surface area (Å²) in [6.07, 6.45) is 3.00. The van der Waals surface area contributed by atoms with Gasteiger partial charge in [-0.15, -0.1) is 16.9 Å². The fraction of sp³-hybridized carbons (Fsp3) is 0.357. The van der Waals surface area contributed by atoms with Gasteiger partial charge in [-0.05, 0) is 17.9 Å². The monoisotopic (exact) mass is 334 g/mol. The number of likely N-dealkylation sites (N-methyl/N-ethyl adjacent to an activating group) is 1. The van der Waals surface area contributed by atoms with E-state index in [2.05, 4.69) is 20.4 Å². The third-order valence-corrected chi connectivity index (χ3v) is 3.65. The molecule has 2 rings (SSSR count). The fourth-order valence-corrected chi connectivity index (χ4v) is 2.30. The Bertz CT molecular complexity index is 700. The molecule has 2 aromatic heterocycles. The van der Waals surface area contributed by atoms with Crippen LogP contribution < -0.4 is 5.32 Å². The Hall–Kier alpha value is -2.42. The standard InChI is InChI=1S/C14H18N6O2S/c1-4-23-11-7-10(5-6-15-11)13(22)17-14-16-9-20(18-14)8-12(21)19(2)3/h5-7,9H,4,8H2,1-3H3,(H,17,18,22). The summed E-state index contributed by atoms with van der Waals surface area (Å²) in [4.78, 5) is 33.4. The van der Waals surface area contributed by atoms with Crippen LogP contribution in [0.15, 0.2) is 29.7 Å². The van der Waals surface area contributed by atoms with E-state index in [1.54, 1.807) is 44.2 Å². The average molecular weight is 334 g/mol. The zero-order chi connectivity index (χ0) is 16.8. The van der Waals surface area contributed by atoms with Gasteiger partial charge in [0.1, 0.15) is 12.9 Å². The third kappa shape index (κ3) is 4.78. The van der Waals surface area contributed by atoms with E-state index in [1.807, 2.05) is 6.92 Å². The summed E-state index contributed by atoms with van der Waals surface area (Å²) in [6, 6.07) is 3.34. The van der Waals surface area contributed by atoms with Crippen molar-refractivity contribution in [3.05, 3.63) is 30.2 Å². The molecule has 0 fully saturated rings. The van der Waals surface area contributed by atoms with Gasteiger partial charge in [-0.1, -0.05) is 6.92 Å². The molecule has 0 unspecified atom stereocenters. The first-order chi connectivity index (χ1) is 11.0. The molecule has 9 heteroatoms. The van der Waals surface area contributed by atoms with Gasteiger partial charge in [-0.3, -0.25) is 14.9 Å². The van der Waals surface area contributed by atoms with Crippen LogP contribution in [0.4, 0.5) is 5.95 Å². The molecule has 0 saturated carbocycles. The molecule has 2 heterocycles. The minimum atomic E-state index is -0.318. The highest BCUT2D eigenvalue weighted by Gasteiger charge is 2.12. The predicted molar refractivity (Wildman–Crippen MR) is 87.3 cm³/mol. The molecule has 2 aromatic rings. The number of hydrogen-bond acceptors (Lipinski definition) is 6. The van der Waals surface area contributed by atoms with Gasteiger partial charge in [0.05, 0.1) is 5.03 Å². The Balaban J connectivity index is 2.02. The van der Waals surface area contributed by atoms with Crippen LogP contribution in [-0.2, 0) is 11.3 Å². The number of hydrogen-bond donors (Lipinski definition) is 1. The van der Waals surface area contributed by atoms with E-state index in [0.717, 1.165) is 10.8 Å². The Morgan fingerprint density at radius 1 is 1.35 bits per heavy atom. The maximum absolute atomic E-state index is 12.2. The Morgan fingerprint density at radius 2 is 2.13 bits per heavy atom. The van der Waals surface area contributed by atoms with Crippen LogP contribution in [0.2, 0.25) is 0 Å². The Labute approximate surface area is 138 Å². The smallest absolute Gasteiger partial charge is 0.258 e. The summed E-state index contributed by atoms with van der Waals surface area (Å²) in [6.45, 7) is 2.09. The predicted octanol–water partition coefficient (Wildman–Crippen LogP) is 1.13. The Kier molecular flexibility index (Phi) is 5.69. The lowest BCUT2D eigenvalue weighted by Crippen LogP contribution is -2.26. The highest BCUT2D eigenvalue weighted by atomic mass is 32.2. The van der Waals surface area contributed by atoms with Gasteiger partial charge in [0.25, 0.3) is 5.91 Å². The van der Waals surface area contributed by atoms with Gasteiger partial charge >= 0.3 is 0 Å². The van der Waals surface area contributed by atoms with Gasteiger partial charge in [0.2, 0.25) is 11.9 Å². The lowest BCUT2D eigenvalue weighted by atomic mass is 10.2. The maximum atomic E-state index is 12.2. The first kappa shape index (κ1) is 16.9. The number of rotatable bonds is 6. The topological polar surface area (TPSA) is 93.0 Å². The number of thioether (sulfide) groups is 1. The zero-order valence-electron chi connectivity index (χ0n) is 13.2. The number of nitrogens with zero attached hydrogens (tertiary/aromatic N) is 5. The van der Waals surface area contributed by atoms with Gasteiger partial charge in [0, 0.05) is 25.9 Å². The summed E-state index contributed by atoms with van der Waals surface area (Å²) >= 11 is 1.56. The van der Waals surface area contributed by atoms with Crippen molar-refractivity contribution in [3.63, 3.8) is 0 Å². The van der Waals surface area contributed by atoms with E-state index >= 15 is 0 Å². The van der Waals surface area contributed by atoms with E-state index in [0.29, 0.717) is 5.56 Å². The summed E-state index contributed by atoms with van der Waals surface area (Å²) in [7, 11) is 3.33. The number of pyridine rings is 1. The molecule has 0 aromatic carbocycles. The van der Waals surface area contributed by atoms with Crippen molar-refractivity contribution in [3.8, 4) is 0 Å². The van der Waals surface area contributed by atoms with Gasteiger partial charge in [-0.25, -0.2) is 14.6 Å². The zero-order valence-corrected chi connectivity index (χ0v) is 14.0. The van der Waals surface area contributed by atoms with Crippen molar-refractivity contribution in [2.45, 2.75) is 18.5 Å². The van der Waals surface area contributed by atoms with Crippen molar-refractivity contribution >= 4 is 29.5 Å². The molecule has 0 saturated heterocycles. The van der Waals surface area contributed by atoms with Crippen LogP contribution in [0.1, 0.15) is 17.3 Å². The van der Waals surface area contributed by atoms with Crippen molar-refractivity contribution in [1.82, 2.24) is 24.6 Å². The van der Waals surface area contributed by atoms with Crippen LogP contribution in [0.3, 0.4) is 0 Å². The quantitative estimate of drug-likeness (QED) is 0.796. The summed E-state index contributed by atoms with van der Waals surface area (Å²) in [5.41, 5.74) is 0.483. The minimum Gasteiger partial charge on any atom is -0.347 e. The number of carbonyl (C=O) groups excluding carboxylic acids is 2. The number of carbonyl (C=O) groups is 2. The van der Waals surface area contributed by atoms with E-state index in [9.17, 15) is 9.59 Å². The molecule has 1 N–H and O–H groups in total. The summed E-state index contributed by atoms with van der Waals surface area (Å²) in [5, 5.41) is 7.46. The first-order valence-electron chi connectivity index (χ1n) is 6.99. The molecule has 0 spiro atoms. The van der Waals surface area contributed by atoms with Crippen LogP contribution in [0, 0.1) is 0 Å². The van der Waals surface area contributed by atoms with Crippen LogP contribution >= 0.6 is 11.8 Å². The minimum absolute atomic E-state index is 0.0718. The second-order valence-electron chi connectivity index (χ2n) is 4.82. The van der Waals surface area contributed by atoms with Gasteiger partial charge in [-0.2, -0.15) is 0 Å². The van der Waals surface area contributed by atoms with E-state index < -0.39 is 0 Å². The highest BCUT2D eigenvalue weighted by molar-refractivity contribution is 7.99. The molecule has 2 amide bonds. The summed E-state index contributed by atoms with van der Waals surface area (Å²) < 4.78 is 1.38. The molecule has 0 atom stereocenters. The van der Waals surface area contributed by atoms with Crippen molar-refractivity contribution in [2.24, 2.45) is 0 Å². The molecule has 0 bridgehead atoms. The third-order valence-electron chi connectivity index (χ3n) is 2.85. The first-order valence-corrected chi connectivity index (χ1v) is 7.98. The van der Waals surface area contributed by atoms with Gasteiger partial charge in [0.15, 0.2) is 0 Å². The van der Waals surface area contributed by atoms with E-state index in [-0.39, 0.29) is 24.3 Å². The lowest BCUT2D eigenvalue weighted by Gasteiger charge is -2.09. The molecule has 0 aliphatic carbocycles. The molecule has 0 radical (unpaired) electrons. The Morgan fingerprint density at radius 3 is 2.83 bits per heavy atom. The van der Waals surface area contributed by atoms with Crippen molar-refractivity contribution < 1.29 is 9.59 Å². The molecule has 0 aliphatic heterocycles. The van der Waals surface area contributed by atoms with Gasteiger partial charge < -0.3 is 4.90 Å². The molecular formula is C14H18N6O2S. The SMILES string of the molecule is CCSc1cc(C(=O)Nc2ncn(CC(=O)N(C)C)n2)ccn1. The average Bonchev–Trinajstić information content (AvgIpc) is 2.94.